The van der Waals surface area contributed by atoms with Crippen molar-refractivity contribution in [2.75, 3.05) is 13.2 Å². The van der Waals surface area contributed by atoms with Crippen LogP contribution in [0, 0.1) is 0 Å². The van der Waals surface area contributed by atoms with Gasteiger partial charge in [-0.15, -0.1) is 0 Å². The van der Waals surface area contributed by atoms with E-state index < -0.39 is 11.9 Å². The number of hydrogen-bond acceptors (Lipinski definition) is 6. The Balaban J connectivity index is 1.49. The predicted octanol–water partition coefficient (Wildman–Crippen LogP) is 6.67. The average molecular weight is 585 g/mol. The van der Waals surface area contributed by atoms with E-state index in [-0.39, 0.29) is 35.9 Å². The maximum Gasteiger partial charge on any atom is 0.340 e. The summed E-state index contributed by atoms with van der Waals surface area (Å²) in [7, 11) is 0. The van der Waals surface area contributed by atoms with Crippen LogP contribution in [0.25, 0.3) is 22.2 Å². The SMILES string of the molecule is CCOC(=O)c1cc(C(=O)c2ccccc2)n2ccc(-c3ccn4c(C(=O)c5ccccc5)cc(C(=O)OCC)c4c3)cc12. The molecule has 0 aliphatic rings. The van der Waals surface area contributed by atoms with Crippen molar-refractivity contribution in [3.8, 4) is 11.1 Å². The highest BCUT2D eigenvalue weighted by atomic mass is 16.5. The lowest BCUT2D eigenvalue weighted by Crippen LogP contribution is -2.05. The fourth-order valence-electron chi connectivity index (χ4n) is 5.32. The molecule has 0 N–H and O–H groups in total. The van der Waals surface area contributed by atoms with E-state index in [1.807, 2.05) is 36.4 Å². The summed E-state index contributed by atoms with van der Waals surface area (Å²) in [5.74, 6) is -1.53. The molecule has 0 fully saturated rings. The van der Waals surface area contributed by atoms with Gasteiger partial charge in [0.1, 0.15) is 0 Å². The molecule has 0 unspecified atom stereocenters. The molecule has 8 heteroatoms. The summed E-state index contributed by atoms with van der Waals surface area (Å²) in [5.41, 5.74) is 4.65. The number of benzene rings is 2. The minimum absolute atomic E-state index is 0.184. The maximum absolute atomic E-state index is 13.4. The molecule has 0 aliphatic heterocycles. The molecule has 0 amide bonds. The van der Waals surface area contributed by atoms with E-state index in [1.54, 1.807) is 95.7 Å². The van der Waals surface area contributed by atoms with Gasteiger partial charge >= 0.3 is 11.9 Å². The molecule has 0 spiro atoms. The van der Waals surface area contributed by atoms with Gasteiger partial charge in [0.15, 0.2) is 0 Å². The third kappa shape index (κ3) is 5.07. The summed E-state index contributed by atoms with van der Waals surface area (Å²) in [4.78, 5) is 52.8. The number of ether oxygens (including phenoxy) is 2. The molecule has 4 heterocycles. The van der Waals surface area contributed by atoms with Crippen molar-refractivity contribution in [3.05, 3.63) is 143 Å². The zero-order valence-corrected chi connectivity index (χ0v) is 24.2. The van der Waals surface area contributed by atoms with E-state index >= 15 is 0 Å². The summed E-state index contributed by atoms with van der Waals surface area (Å²) in [5, 5.41) is 0. The van der Waals surface area contributed by atoms with Crippen molar-refractivity contribution in [3.63, 3.8) is 0 Å². The largest absolute Gasteiger partial charge is 0.462 e. The first-order valence-corrected chi connectivity index (χ1v) is 14.3. The Hall–Kier alpha value is -5.76. The molecule has 4 aromatic heterocycles. The average Bonchev–Trinajstić information content (AvgIpc) is 3.64. The highest BCUT2D eigenvalue weighted by Gasteiger charge is 2.24. The predicted molar refractivity (Wildman–Crippen MR) is 165 cm³/mol. The highest BCUT2D eigenvalue weighted by molar-refractivity contribution is 6.12. The lowest BCUT2D eigenvalue weighted by atomic mass is 10.1. The Labute approximate surface area is 253 Å². The summed E-state index contributed by atoms with van der Waals surface area (Å²) < 4.78 is 14.0. The van der Waals surface area contributed by atoms with E-state index in [1.165, 1.54) is 0 Å². The summed E-state index contributed by atoms with van der Waals surface area (Å²) >= 11 is 0. The van der Waals surface area contributed by atoms with Crippen LogP contribution in [0.1, 0.15) is 66.7 Å². The number of pyridine rings is 2. The van der Waals surface area contributed by atoms with Gasteiger partial charge in [-0.25, -0.2) is 9.59 Å². The van der Waals surface area contributed by atoms with Crippen molar-refractivity contribution >= 4 is 34.5 Å². The highest BCUT2D eigenvalue weighted by Crippen LogP contribution is 2.30. The molecule has 0 bridgehead atoms. The zero-order chi connectivity index (χ0) is 30.8. The number of nitrogens with zero attached hydrogens (tertiary/aromatic N) is 2. The Bertz CT molecular complexity index is 1910. The van der Waals surface area contributed by atoms with Gasteiger partial charge in [0, 0.05) is 23.5 Å². The standard InChI is InChI=1S/C36H28N2O6/c1-3-43-35(41)27-21-31(33(39)23-11-7-5-8-12-23)37-17-15-25(19-29(27)37)26-16-18-38-30(20-26)28(36(42)44-4-2)22-32(38)34(40)24-13-9-6-10-14-24/h5-22H,3-4H2,1-2H3. The smallest absolute Gasteiger partial charge is 0.340 e. The van der Waals surface area contributed by atoms with Crippen LogP contribution in [0.15, 0.2) is 109 Å². The molecule has 2 aromatic carbocycles. The molecule has 8 nitrogen and oxygen atoms in total. The monoisotopic (exact) mass is 584 g/mol. The molecule has 0 aliphatic carbocycles. The minimum atomic E-state index is -0.537. The van der Waals surface area contributed by atoms with Crippen LogP contribution in [-0.2, 0) is 9.47 Å². The fourth-order valence-corrected chi connectivity index (χ4v) is 5.32. The van der Waals surface area contributed by atoms with Crippen LogP contribution < -0.4 is 0 Å². The number of hydrogen-bond donors (Lipinski definition) is 0. The second-order valence-electron chi connectivity index (χ2n) is 10.1. The van der Waals surface area contributed by atoms with Crippen LogP contribution in [0.3, 0.4) is 0 Å². The van der Waals surface area contributed by atoms with Gasteiger partial charge in [0.05, 0.1) is 46.8 Å². The number of ketones is 2. The Kier molecular flexibility index (Phi) is 7.64. The van der Waals surface area contributed by atoms with E-state index in [9.17, 15) is 19.2 Å². The quantitative estimate of drug-likeness (QED) is 0.139. The van der Waals surface area contributed by atoms with Gasteiger partial charge in [-0.3, -0.25) is 9.59 Å². The molecule has 0 saturated carbocycles. The summed E-state index contributed by atoms with van der Waals surface area (Å²) in [6.45, 7) is 3.82. The fraction of sp³-hybridized carbons (Fsp3) is 0.111. The van der Waals surface area contributed by atoms with Gasteiger partial charge in [-0.1, -0.05) is 60.7 Å². The number of carbonyl (C=O) groups is 4. The molecule has 6 rings (SSSR count). The Morgan fingerprint density at radius 3 is 1.30 bits per heavy atom. The van der Waals surface area contributed by atoms with E-state index in [4.69, 9.17) is 9.47 Å². The molecule has 44 heavy (non-hydrogen) atoms. The molecule has 6 aromatic rings. The van der Waals surface area contributed by atoms with Crippen LogP contribution >= 0.6 is 0 Å². The van der Waals surface area contributed by atoms with Crippen molar-refractivity contribution in [2.45, 2.75) is 13.8 Å². The Morgan fingerprint density at radius 2 is 0.932 bits per heavy atom. The second-order valence-corrected chi connectivity index (χ2v) is 10.1. The van der Waals surface area contributed by atoms with Crippen LogP contribution in [-0.4, -0.2) is 45.5 Å². The molecule has 218 valence electrons. The molecule has 0 radical (unpaired) electrons. The number of carbonyl (C=O) groups excluding carboxylic acids is 4. The third-order valence-corrected chi connectivity index (χ3v) is 7.40. The molecule has 0 saturated heterocycles. The van der Waals surface area contributed by atoms with Crippen LogP contribution in [0.4, 0.5) is 0 Å². The molecular formula is C36H28N2O6. The van der Waals surface area contributed by atoms with Crippen LogP contribution in [0.5, 0.6) is 0 Å². The first kappa shape index (κ1) is 28.4. The summed E-state index contributed by atoms with van der Waals surface area (Å²) in [6, 6.07) is 28.1. The minimum Gasteiger partial charge on any atom is -0.462 e. The van der Waals surface area contributed by atoms with Crippen molar-refractivity contribution < 1.29 is 28.7 Å². The first-order valence-electron chi connectivity index (χ1n) is 14.3. The van der Waals surface area contributed by atoms with Gasteiger partial charge in [-0.2, -0.15) is 0 Å². The van der Waals surface area contributed by atoms with E-state index in [2.05, 4.69) is 0 Å². The van der Waals surface area contributed by atoms with Gasteiger partial charge < -0.3 is 18.3 Å². The lowest BCUT2D eigenvalue weighted by molar-refractivity contribution is 0.0519. The van der Waals surface area contributed by atoms with Gasteiger partial charge in [0.2, 0.25) is 11.6 Å². The number of fused-ring (bicyclic) bond motifs is 2. The van der Waals surface area contributed by atoms with Crippen molar-refractivity contribution in [1.29, 1.82) is 0 Å². The molecular weight excluding hydrogens is 556 g/mol. The van der Waals surface area contributed by atoms with E-state index in [0.717, 1.165) is 11.1 Å². The van der Waals surface area contributed by atoms with Gasteiger partial charge in [-0.05, 0) is 61.4 Å². The summed E-state index contributed by atoms with van der Waals surface area (Å²) in [6.07, 6.45) is 3.48. The van der Waals surface area contributed by atoms with Gasteiger partial charge in [0.25, 0.3) is 0 Å². The molecule has 0 atom stereocenters. The van der Waals surface area contributed by atoms with E-state index in [0.29, 0.717) is 33.5 Å². The number of aromatic nitrogens is 2. The Morgan fingerprint density at radius 1 is 0.545 bits per heavy atom. The van der Waals surface area contributed by atoms with Crippen molar-refractivity contribution in [1.82, 2.24) is 8.80 Å². The number of rotatable bonds is 9. The third-order valence-electron chi connectivity index (χ3n) is 7.40. The zero-order valence-electron chi connectivity index (χ0n) is 24.2. The van der Waals surface area contributed by atoms with Crippen molar-refractivity contribution in [2.24, 2.45) is 0 Å². The lowest BCUT2D eigenvalue weighted by Gasteiger charge is -2.09. The number of esters is 2. The normalized spacial score (nSPS) is 11.0. The maximum atomic E-state index is 13.4. The topological polar surface area (TPSA) is 95.6 Å². The first-order chi connectivity index (χ1) is 21.4. The van der Waals surface area contributed by atoms with Crippen LogP contribution in [0.2, 0.25) is 0 Å². The second kappa shape index (κ2) is 11.9.